The number of rotatable bonds is 5. The Hall–Kier alpha value is -1.60. The number of amides is 2. The van der Waals surface area contributed by atoms with Crippen molar-refractivity contribution < 1.29 is 9.59 Å². The second-order valence-electron chi connectivity index (χ2n) is 7.12. The van der Waals surface area contributed by atoms with Crippen LogP contribution in [0.15, 0.2) is 12.4 Å². The van der Waals surface area contributed by atoms with E-state index in [-0.39, 0.29) is 36.1 Å². The monoisotopic (exact) mass is 357 g/mol. The van der Waals surface area contributed by atoms with Crippen LogP contribution in [0, 0.1) is 11.3 Å². The third-order valence-corrected chi connectivity index (χ3v) is 4.09. The van der Waals surface area contributed by atoms with Gasteiger partial charge in [0.25, 0.3) is 0 Å². The molecule has 1 aromatic heterocycles. The Morgan fingerprint density at radius 1 is 1.29 bits per heavy atom. The number of halogens is 1. The molecule has 0 aliphatic carbocycles. The van der Waals surface area contributed by atoms with Gasteiger partial charge in [0, 0.05) is 50.8 Å². The molecule has 8 heteroatoms. The summed E-state index contributed by atoms with van der Waals surface area (Å²) >= 11 is 0. The summed E-state index contributed by atoms with van der Waals surface area (Å²) in [5, 5.41) is 13.2. The lowest BCUT2D eigenvalue weighted by molar-refractivity contribution is -0.129. The van der Waals surface area contributed by atoms with Gasteiger partial charge in [-0.15, -0.1) is 12.4 Å². The predicted molar refractivity (Wildman–Crippen MR) is 95.0 cm³/mol. The average Bonchev–Trinajstić information content (AvgIpc) is 3.10. The van der Waals surface area contributed by atoms with Crippen molar-refractivity contribution in [1.82, 2.24) is 25.7 Å². The molecule has 1 aliphatic heterocycles. The summed E-state index contributed by atoms with van der Waals surface area (Å²) in [7, 11) is 1.87. The summed E-state index contributed by atoms with van der Waals surface area (Å²) in [6.07, 6.45) is 3.78. The van der Waals surface area contributed by atoms with Crippen molar-refractivity contribution in [3.8, 4) is 0 Å². The maximum atomic E-state index is 12.4. The third kappa shape index (κ3) is 5.21. The largest absolute Gasteiger partial charge is 0.354 e. The molecule has 0 spiro atoms. The minimum Gasteiger partial charge on any atom is -0.354 e. The normalized spacial score (nSPS) is 20.3. The number of aryl methyl sites for hydroxylation is 1. The predicted octanol–water partition coefficient (Wildman–Crippen LogP) is 0.423. The van der Waals surface area contributed by atoms with Gasteiger partial charge in [0.2, 0.25) is 11.8 Å². The Morgan fingerprint density at radius 3 is 2.54 bits per heavy atom. The highest BCUT2D eigenvalue weighted by atomic mass is 35.5. The highest BCUT2D eigenvalue weighted by Crippen LogP contribution is 2.27. The van der Waals surface area contributed by atoms with E-state index in [0.717, 1.165) is 12.1 Å². The molecule has 2 heterocycles. The molecule has 1 saturated heterocycles. The molecule has 2 rings (SSSR count). The van der Waals surface area contributed by atoms with Crippen LogP contribution in [0.2, 0.25) is 0 Å². The highest BCUT2D eigenvalue weighted by molar-refractivity contribution is 5.85. The topological polar surface area (TPSA) is 88.0 Å². The van der Waals surface area contributed by atoms with Crippen molar-refractivity contribution in [2.45, 2.75) is 26.7 Å². The number of aromatic nitrogens is 2. The van der Waals surface area contributed by atoms with Crippen LogP contribution in [0.5, 0.6) is 0 Å². The number of carbonyl (C=O) groups excluding carboxylic acids is 2. The minimum atomic E-state index is -0.412. The second kappa shape index (κ2) is 8.48. The quantitative estimate of drug-likeness (QED) is 0.666. The molecule has 24 heavy (non-hydrogen) atoms. The fraction of sp³-hybridized carbons (Fsp3) is 0.688. The number of hydrogen-bond acceptors (Lipinski definition) is 4. The van der Waals surface area contributed by atoms with Gasteiger partial charge in [-0.2, -0.15) is 5.10 Å². The van der Waals surface area contributed by atoms with Crippen LogP contribution in [-0.2, 0) is 16.6 Å². The Bertz CT molecular complexity index is 567. The molecule has 0 saturated carbocycles. The van der Waals surface area contributed by atoms with Crippen LogP contribution in [0.3, 0.4) is 0 Å². The molecule has 0 radical (unpaired) electrons. The minimum absolute atomic E-state index is 0. The van der Waals surface area contributed by atoms with Gasteiger partial charge < -0.3 is 16.0 Å². The maximum absolute atomic E-state index is 12.4. The lowest BCUT2D eigenvalue weighted by atomic mass is 9.90. The van der Waals surface area contributed by atoms with Crippen molar-refractivity contribution in [1.29, 1.82) is 0 Å². The molecule has 3 N–H and O–H groups in total. The Kier molecular flexibility index (Phi) is 7.23. The van der Waals surface area contributed by atoms with Crippen molar-refractivity contribution in [2.75, 3.05) is 26.2 Å². The van der Waals surface area contributed by atoms with Crippen LogP contribution >= 0.6 is 12.4 Å². The van der Waals surface area contributed by atoms with E-state index in [1.165, 1.54) is 0 Å². The molecular weight excluding hydrogens is 330 g/mol. The summed E-state index contributed by atoms with van der Waals surface area (Å²) < 4.78 is 1.75. The van der Waals surface area contributed by atoms with E-state index in [4.69, 9.17) is 0 Å². The lowest BCUT2D eigenvalue weighted by Crippen LogP contribution is -2.42. The van der Waals surface area contributed by atoms with Gasteiger partial charge in [0.15, 0.2) is 0 Å². The Morgan fingerprint density at radius 2 is 1.96 bits per heavy atom. The van der Waals surface area contributed by atoms with E-state index in [2.05, 4.69) is 21.0 Å². The van der Waals surface area contributed by atoms with Gasteiger partial charge in [-0.25, -0.2) is 0 Å². The fourth-order valence-electron chi connectivity index (χ4n) is 2.69. The number of carbonyl (C=O) groups is 2. The van der Waals surface area contributed by atoms with E-state index in [9.17, 15) is 9.59 Å². The number of nitrogens with zero attached hydrogens (tertiary/aromatic N) is 2. The van der Waals surface area contributed by atoms with Crippen LogP contribution in [0.4, 0.5) is 0 Å². The average molecular weight is 358 g/mol. The van der Waals surface area contributed by atoms with E-state index in [1.807, 2.05) is 40.2 Å². The molecular formula is C16H28ClN5O2. The molecule has 136 valence electrons. The van der Waals surface area contributed by atoms with Gasteiger partial charge in [0.05, 0.1) is 12.1 Å². The molecule has 2 atom stereocenters. The maximum Gasteiger partial charge on any atom is 0.225 e. The standard InChI is InChI=1S/C16H27N5O2.ClH/c1-16(2,3)15(23)19-6-5-18-14(22)13-9-17-8-12(13)11-7-20-21(4)10-11;/h7,10,12-13,17H,5-6,8-9H2,1-4H3,(H,18,22)(H,19,23);1H/t12-,13+;/m1./s1. The number of hydrogen-bond donors (Lipinski definition) is 3. The Labute approximate surface area is 149 Å². The zero-order valence-electron chi connectivity index (χ0n) is 14.8. The zero-order valence-corrected chi connectivity index (χ0v) is 15.6. The summed E-state index contributed by atoms with van der Waals surface area (Å²) in [5.74, 6) is 0.0572. The van der Waals surface area contributed by atoms with E-state index in [0.29, 0.717) is 19.6 Å². The summed E-state index contributed by atoms with van der Waals surface area (Å²) in [6.45, 7) is 7.93. The molecule has 7 nitrogen and oxygen atoms in total. The van der Waals surface area contributed by atoms with Crippen molar-refractivity contribution >= 4 is 24.2 Å². The van der Waals surface area contributed by atoms with Crippen LogP contribution in [0.1, 0.15) is 32.3 Å². The molecule has 1 fully saturated rings. The third-order valence-electron chi connectivity index (χ3n) is 4.09. The highest BCUT2D eigenvalue weighted by Gasteiger charge is 2.34. The van der Waals surface area contributed by atoms with Gasteiger partial charge in [-0.05, 0) is 5.56 Å². The second-order valence-corrected chi connectivity index (χ2v) is 7.12. The van der Waals surface area contributed by atoms with E-state index in [1.54, 1.807) is 4.68 Å². The van der Waals surface area contributed by atoms with Gasteiger partial charge in [0.1, 0.15) is 0 Å². The first-order valence-electron chi connectivity index (χ1n) is 8.04. The van der Waals surface area contributed by atoms with Crippen molar-refractivity contribution in [3.05, 3.63) is 18.0 Å². The SMILES string of the molecule is Cl.Cn1cc([C@H]2CNC[C@@H]2C(=O)NCCNC(=O)C(C)(C)C)cn1. The molecule has 0 unspecified atom stereocenters. The number of nitrogens with one attached hydrogen (secondary N) is 3. The smallest absolute Gasteiger partial charge is 0.225 e. The van der Waals surface area contributed by atoms with Crippen molar-refractivity contribution in [2.24, 2.45) is 18.4 Å². The van der Waals surface area contributed by atoms with Crippen LogP contribution in [-0.4, -0.2) is 47.8 Å². The fourth-order valence-corrected chi connectivity index (χ4v) is 2.69. The molecule has 1 aromatic rings. The van der Waals surface area contributed by atoms with Crippen molar-refractivity contribution in [3.63, 3.8) is 0 Å². The first kappa shape index (κ1) is 20.4. The Balaban J connectivity index is 0.00000288. The zero-order chi connectivity index (χ0) is 17.0. The summed E-state index contributed by atoms with van der Waals surface area (Å²) in [4.78, 5) is 24.1. The molecule has 0 bridgehead atoms. The molecule has 2 amide bonds. The summed E-state index contributed by atoms with van der Waals surface area (Å²) in [6, 6.07) is 0. The van der Waals surface area contributed by atoms with Gasteiger partial charge in [-0.1, -0.05) is 20.8 Å². The van der Waals surface area contributed by atoms with Crippen LogP contribution < -0.4 is 16.0 Å². The molecule has 1 aliphatic rings. The van der Waals surface area contributed by atoms with E-state index < -0.39 is 5.41 Å². The molecule has 0 aromatic carbocycles. The van der Waals surface area contributed by atoms with Gasteiger partial charge >= 0.3 is 0 Å². The first-order valence-corrected chi connectivity index (χ1v) is 8.04. The first-order chi connectivity index (χ1) is 10.8. The summed E-state index contributed by atoms with van der Waals surface area (Å²) in [5.41, 5.74) is 0.670. The van der Waals surface area contributed by atoms with E-state index >= 15 is 0 Å². The lowest BCUT2D eigenvalue weighted by Gasteiger charge is -2.19. The van der Waals surface area contributed by atoms with Crippen LogP contribution in [0.25, 0.3) is 0 Å². The van der Waals surface area contributed by atoms with Gasteiger partial charge in [-0.3, -0.25) is 14.3 Å².